The average Bonchev–Trinajstić information content (AvgIpc) is 2.28. The van der Waals surface area contributed by atoms with Crippen molar-refractivity contribution in [1.29, 1.82) is 0 Å². The molecule has 1 unspecified atom stereocenters. The largest absolute Gasteiger partial charge is 0.343 e. The Morgan fingerprint density at radius 1 is 1.41 bits per heavy atom. The third kappa shape index (κ3) is 2.67. The summed E-state index contributed by atoms with van der Waals surface area (Å²) < 4.78 is 0. The van der Waals surface area contributed by atoms with Gasteiger partial charge in [-0.15, -0.1) is 0 Å². The van der Waals surface area contributed by atoms with E-state index < -0.39 is 0 Å². The first-order chi connectivity index (χ1) is 8.08. The smallest absolute Gasteiger partial charge is 0.239 e. The standard InChI is InChI=1S/C14H20N2O/c1-10-4-5-12(11(2)8-10)9-13-14(17)16(3)7-6-15-13/h4-5,8,13,15H,6-7,9H2,1-3H3. The van der Waals surface area contributed by atoms with Crippen LogP contribution in [0.5, 0.6) is 0 Å². The number of benzene rings is 1. The molecule has 0 bridgehead atoms. The van der Waals surface area contributed by atoms with Crippen LogP contribution in [-0.4, -0.2) is 37.0 Å². The normalized spacial score (nSPS) is 20.8. The fourth-order valence-corrected chi connectivity index (χ4v) is 2.32. The van der Waals surface area contributed by atoms with Crippen molar-refractivity contribution in [2.75, 3.05) is 20.1 Å². The molecule has 1 aliphatic rings. The van der Waals surface area contributed by atoms with Gasteiger partial charge in [-0.2, -0.15) is 0 Å². The molecule has 92 valence electrons. The summed E-state index contributed by atoms with van der Waals surface area (Å²) in [6, 6.07) is 6.36. The molecule has 1 fully saturated rings. The number of aryl methyl sites for hydroxylation is 2. The highest BCUT2D eigenvalue weighted by Crippen LogP contribution is 2.14. The van der Waals surface area contributed by atoms with E-state index in [1.165, 1.54) is 16.7 Å². The number of amides is 1. The van der Waals surface area contributed by atoms with Crippen molar-refractivity contribution in [3.05, 3.63) is 34.9 Å². The molecular weight excluding hydrogens is 212 g/mol. The van der Waals surface area contributed by atoms with Gasteiger partial charge in [0.25, 0.3) is 0 Å². The number of carbonyl (C=O) groups excluding carboxylic acids is 1. The number of hydrogen-bond donors (Lipinski definition) is 1. The first-order valence-electron chi connectivity index (χ1n) is 6.12. The van der Waals surface area contributed by atoms with Crippen LogP contribution in [0, 0.1) is 13.8 Å². The van der Waals surface area contributed by atoms with Gasteiger partial charge in [-0.3, -0.25) is 4.79 Å². The Morgan fingerprint density at radius 2 is 2.18 bits per heavy atom. The van der Waals surface area contributed by atoms with Gasteiger partial charge in [0.2, 0.25) is 5.91 Å². The molecule has 1 N–H and O–H groups in total. The van der Waals surface area contributed by atoms with Crippen LogP contribution in [0.1, 0.15) is 16.7 Å². The first kappa shape index (κ1) is 12.1. The van der Waals surface area contributed by atoms with Crippen LogP contribution in [0.25, 0.3) is 0 Å². The van der Waals surface area contributed by atoms with E-state index in [4.69, 9.17) is 0 Å². The topological polar surface area (TPSA) is 32.3 Å². The maximum atomic E-state index is 12.0. The molecular formula is C14H20N2O. The fourth-order valence-electron chi connectivity index (χ4n) is 2.32. The molecule has 17 heavy (non-hydrogen) atoms. The van der Waals surface area contributed by atoms with E-state index in [0.717, 1.165) is 19.5 Å². The molecule has 3 heteroatoms. The molecule has 1 atom stereocenters. The monoisotopic (exact) mass is 232 g/mol. The summed E-state index contributed by atoms with van der Waals surface area (Å²) in [7, 11) is 1.87. The second-order valence-electron chi connectivity index (χ2n) is 4.90. The zero-order chi connectivity index (χ0) is 12.4. The Balaban J connectivity index is 2.12. The van der Waals surface area contributed by atoms with Gasteiger partial charge >= 0.3 is 0 Å². The number of hydrogen-bond acceptors (Lipinski definition) is 2. The third-order valence-electron chi connectivity index (χ3n) is 3.43. The lowest BCUT2D eigenvalue weighted by Gasteiger charge is -2.30. The second kappa shape index (κ2) is 4.88. The van der Waals surface area contributed by atoms with Gasteiger partial charge in [0, 0.05) is 20.1 Å². The van der Waals surface area contributed by atoms with Crippen LogP contribution in [0.15, 0.2) is 18.2 Å². The van der Waals surface area contributed by atoms with Gasteiger partial charge < -0.3 is 10.2 Å². The zero-order valence-electron chi connectivity index (χ0n) is 10.8. The molecule has 1 aliphatic heterocycles. The van der Waals surface area contributed by atoms with E-state index >= 15 is 0 Å². The van der Waals surface area contributed by atoms with Crippen molar-refractivity contribution < 1.29 is 4.79 Å². The van der Waals surface area contributed by atoms with Crippen molar-refractivity contribution in [2.24, 2.45) is 0 Å². The summed E-state index contributed by atoms with van der Waals surface area (Å²) in [5, 5.41) is 3.30. The quantitative estimate of drug-likeness (QED) is 0.833. The predicted octanol–water partition coefficient (Wildman–Crippen LogP) is 1.28. The summed E-state index contributed by atoms with van der Waals surface area (Å²) in [4.78, 5) is 13.8. The molecule has 1 saturated heterocycles. The zero-order valence-corrected chi connectivity index (χ0v) is 10.8. The number of carbonyl (C=O) groups is 1. The molecule has 1 aromatic carbocycles. The summed E-state index contributed by atoms with van der Waals surface area (Å²) in [6.45, 7) is 5.90. The lowest BCUT2D eigenvalue weighted by molar-refractivity contribution is -0.134. The van der Waals surface area contributed by atoms with Gasteiger partial charge in [0.15, 0.2) is 0 Å². The summed E-state index contributed by atoms with van der Waals surface area (Å²) in [5.41, 5.74) is 3.80. The van der Waals surface area contributed by atoms with Crippen molar-refractivity contribution in [3.63, 3.8) is 0 Å². The maximum absolute atomic E-state index is 12.0. The molecule has 0 aliphatic carbocycles. The molecule has 0 aromatic heterocycles. The number of piperazine rings is 1. The minimum absolute atomic E-state index is 0.0600. The average molecular weight is 232 g/mol. The first-order valence-corrected chi connectivity index (χ1v) is 6.12. The molecule has 3 nitrogen and oxygen atoms in total. The minimum Gasteiger partial charge on any atom is -0.343 e. The third-order valence-corrected chi connectivity index (χ3v) is 3.43. The molecule has 0 saturated carbocycles. The molecule has 1 amide bonds. The molecule has 1 heterocycles. The Hall–Kier alpha value is -1.35. The van der Waals surface area contributed by atoms with Crippen LogP contribution < -0.4 is 5.32 Å². The Bertz CT molecular complexity index is 428. The van der Waals surface area contributed by atoms with Crippen molar-refractivity contribution in [1.82, 2.24) is 10.2 Å². The van der Waals surface area contributed by atoms with Crippen molar-refractivity contribution >= 4 is 5.91 Å². The van der Waals surface area contributed by atoms with Gasteiger partial charge in [0.05, 0.1) is 6.04 Å². The highest BCUT2D eigenvalue weighted by atomic mass is 16.2. The molecule has 0 spiro atoms. The predicted molar refractivity (Wildman–Crippen MR) is 69.0 cm³/mol. The lowest BCUT2D eigenvalue weighted by Crippen LogP contribution is -2.54. The van der Waals surface area contributed by atoms with Gasteiger partial charge in [-0.1, -0.05) is 23.8 Å². The summed E-state index contributed by atoms with van der Waals surface area (Å²) >= 11 is 0. The second-order valence-corrected chi connectivity index (χ2v) is 4.90. The Kier molecular flexibility index (Phi) is 3.48. The molecule has 2 rings (SSSR count). The Morgan fingerprint density at radius 3 is 2.88 bits per heavy atom. The van der Waals surface area contributed by atoms with Gasteiger partial charge in [-0.25, -0.2) is 0 Å². The van der Waals surface area contributed by atoms with E-state index in [9.17, 15) is 4.79 Å². The number of nitrogens with zero attached hydrogens (tertiary/aromatic N) is 1. The van der Waals surface area contributed by atoms with Crippen LogP contribution >= 0.6 is 0 Å². The Labute approximate surface area is 103 Å². The summed E-state index contributed by atoms with van der Waals surface area (Å²) in [6.07, 6.45) is 0.787. The van der Waals surface area contributed by atoms with Crippen molar-refractivity contribution in [2.45, 2.75) is 26.3 Å². The van der Waals surface area contributed by atoms with E-state index in [2.05, 4.69) is 37.4 Å². The fraction of sp³-hybridized carbons (Fsp3) is 0.500. The van der Waals surface area contributed by atoms with Crippen LogP contribution in [0.3, 0.4) is 0 Å². The van der Waals surface area contributed by atoms with Crippen LogP contribution in [0.2, 0.25) is 0 Å². The minimum atomic E-state index is -0.0600. The summed E-state index contributed by atoms with van der Waals surface area (Å²) in [5.74, 6) is 0.205. The molecule has 0 radical (unpaired) electrons. The highest BCUT2D eigenvalue weighted by molar-refractivity contribution is 5.82. The van der Waals surface area contributed by atoms with E-state index in [0.29, 0.717) is 0 Å². The van der Waals surface area contributed by atoms with E-state index in [1.54, 1.807) is 0 Å². The number of rotatable bonds is 2. The SMILES string of the molecule is Cc1ccc(CC2NCCN(C)C2=O)c(C)c1. The number of nitrogens with one attached hydrogen (secondary N) is 1. The number of likely N-dealkylation sites (N-methyl/N-ethyl adjacent to an activating group) is 1. The van der Waals surface area contributed by atoms with Crippen molar-refractivity contribution in [3.8, 4) is 0 Å². The molecule has 1 aromatic rings. The van der Waals surface area contributed by atoms with Gasteiger partial charge in [0.1, 0.15) is 0 Å². The van der Waals surface area contributed by atoms with Gasteiger partial charge in [-0.05, 0) is 31.4 Å². The lowest BCUT2D eigenvalue weighted by atomic mass is 9.98. The van der Waals surface area contributed by atoms with Crippen LogP contribution in [0.4, 0.5) is 0 Å². The maximum Gasteiger partial charge on any atom is 0.239 e. The van der Waals surface area contributed by atoms with E-state index in [-0.39, 0.29) is 11.9 Å². The van der Waals surface area contributed by atoms with Crippen LogP contribution in [-0.2, 0) is 11.2 Å². The highest BCUT2D eigenvalue weighted by Gasteiger charge is 2.26. The van der Waals surface area contributed by atoms with E-state index in [1.807, 2.05) is 11.9 Å².